The van der Waals surface area contributed by atoms with Gasteiger partial charge in [0, 0.05) is 17.1 Å². The van der Waals surface area contributed by atoms with Crippen LogP contribution in [0.2, 0.25) is 0 Å². The first-order valence-corrected chi connectivity index (χ1v) is 8.64. The summed E-state index contributed by atoms with van der Waals surface area (Å²) in [6, 6.07) is 9.36. The van der Waals surface area contributed by atoms with Crippen molar-refractivity contribution in [2.24, 2.45) is 0 Å². The van der Waals surface area contributed by atoms with E-state index in [1.165, 1.54) is 11.8 Å². The molecule has 0 aliphatic rings. The van der Waals surface area contributed by atoms with Crippen LogP contribution in [-0.2, 0) is 0 Å². The minimum Gasteiger partial charge on any atom is -0.401 e. The fraction of sp³-hybridized carbons (Fsp3) is 0.250. The Morgan fingerprint density at radius 3 is 2.79 bits per heavy atom. The van der Waals surface area contributed by atoms with Gasteiger partial charge in [0.05, 0.1) is 5.56 Å². The van der Waals surface area contributed by atoms with Crippen LogP contribution in [0.5, 0.6) is 0 Å². The zero-order valence-electron chi connectivity index (χ0n) is 13.6. The second-order valence-electron chi connectivity index (χ2n) is 5.32. The van der Waals surface area contributed by atoms with E-state index in [4.69, 9.17) is 4.42 Å². The zero-order valence-corrected chi connectivity index (χ0v) is 14.4. The highest BCUT2D eigenvalue weighted by atomic mass is 32.2. The molecule has 0 unspecified atom stereocenters. The fourth-order valence-electron chi connectivity index (χ4n) is 2.27. The van der Waals surface area contributed by atoms with Crippen LogP contribution in [-0.4, -0.2) is 32.1 Å². The maximum absolute atomic E-state index is 12.4. The number of rotatable bonds is 5. The lowest BCUT2D eigenvalue weighted by Gasteiger charge is -2.07. The predicted molar refractivity (Wildman–Crippen MR) is 92.1 cm³/mol. The molecule has 1 amide bonds. The molecule has 0 aliphatic carbocycles. The molecule has 1 aromatic carbocycles. The molecule has 0 radical (unpaired) electrons. The van der Waals surface area contributed by atoms with Crippen LogP contribution < -0.4 is 5.32 Å². The van der Waals surface area contributed by atoms with Crippen LogP contribution in [0.4, 0.5) is 6.01 Å². The van der Waals surface area contributed by atoms with Gasteiger partial charge in [-0.15, -0.1) is 16.9 Å². The average Bonchev–Trinajstić information content (AvgIpc) is 3.23. The number of carbonyl (C=O) groups excluding carboxylic acids is 1. The summed E-state index contributed by atoms with van der Waals surface area (Å²) in [5.74, 6) is 0.0298. The molecule has 0 aliphatic heterocycles. The third-order valence-corrected chi connectivity index (χ3v) is 4.17. The van der Waals surface area contributed by atoms with E-state index < -0.39 is 0 Å². The Labute approximate surface area is 143 Å². The van der Waals surface area contributed by atoms with E-state index in [1.807, 2.05) is 38.3 Å². The molecule has 0 saturated heterocycles. The second kappa shape index (κ2) is 6.88. The monoisotopic (exact) mass is 343 g/mol. The Kier molecular flexibility index (Phi) is 4.66. The van der Waals surface area contributed by atoms with Gasteiger partial charge in [-0.25, -0.2) is 0 Å². The van der Waals surface area contributed by atoms with E-state index in [2.05, 4.69) is 20.6 Å². The summed E-state index contributed by atoms with van der Waals surface area (Å²) in [7, 11) is 0. The molecule has 24 heavy (non-hydrogen) atoms. The standard InChI is InChI=1S/C16H17N5O2S/c1-10(2)21-12(8-9-17-21)15-19-20-16(23-15)18-14(22)11-6-4-5-7-13(11)24-3/h4-10H,1-3H3,(H,18,20,22). The molecule has 3 rings (SSSR count). The molecule has 0 fully saturated rings. The first kappa shape index (κ1) is 16.3. The van der Waals surface area contributed by atoms with Crippen molar-refractivity contribution in [3.63, 3.8) is 0 Å². The Morgan fingerprint density at radius 2 is 2.04 bits per heavy atom. The zero-order chi connectivity index (χ0) is 17.1. The minimum absolute atomic E-state index is 0.0578. The summed E-state index contributed by atoms with van der Waals surface area (Å²) in [6.45, 7) is 4.02. The topological polar surface area (TPSA) is 85.8 Å². The smallest absolute Gasteiger partial charge is 0.322 e. The van der Waals surface area contributed by atoms with Crippen molar-refractivity contribution in [2.45, 2.75) is 24.8 Å². The summed E-state index contributed by atoms with van der Waals surface area (Å²) < 4.78 is 7.34. The number of benzene rings is 1. The molecule has 124 valence electrons. The fourth-order valence-corrected chi connectivity index (χ4v) is 2.86. The molecule has 2 heterocycles. The number of nitrogens with zero attached hydrogens (tertiary/aromatic N) is 4. The second-order valence-corrected chi connectivity index (χ2v) is 6.17. The van der Waals surface area contributed by atoms with Gasteiger partial charge in [-0.05, 0) is 38.3 Å². The Morgan fingerprint density at radius 1 is 1.25 bits per heavy atom. The minimum atomic E-state index is -0.285. The van der Waals surface area contributed by atoms with Crippen LogP contribution in [0.25, 0.3) is 11.6 Å². The van der Waals surface area contributed by atoms with Gasteiger partial charge in [-0.3, -0.25) is 14.8 Å². The first-order valence-electron chi connectivity index (χ1n) is 7.42. The molecule has 2 aromatic heterocycles. The molecule has 0 spiro atoms. The maximum atomic E-state index is 12.4. The highest BCUT2D eigenvalue weighted by Crippen LogP contribution is 2.24. The summed E-state index contributed by atoms with van der Waals surface area (Å²) >= 11 is 1.50. The highest BCUT2D eigenvalue weighted by molar-refractivity contribution is 7.98. The third kappa shape index (κ3) is 3.18. The SMILES string of the molecule is CSc1ccccc1C(=O)Nc1nnc(-c2ccnn2C(C)C)o1. The lowest BCUT2D eigenvalue weighted by atomic mass is 10.2. The number of aromatic nitrogens is 4. The largest absolute Gasteiger partial charge is 0.401 e. The van der Waals surface area contributed by atoms with Crippen molar-refractivity contribution in [3.8, 4) is 11.6 Å². The van der Waals surface area contributed by atoms with E-state index in [0.717, 1.165) is 4.90 Å². The summed E-state index contributed by atoms with van der Waals surface area (Å²) in [5, 5.41) is 14.8. The highest BCUT2D eigenvalue weighted by Gasteiger charge is 2.17. The number of carbonyl (C=O) groups is 1. The lowest BCUT2D eigenvalue weighted by Crippen LogP contribution is -2.13. The first-order chi connectivity index (χ1) is 11.6. The van der Waals surface area contributed by atoms with Gasteiger partial charge in [-0.1, -0.05) is 17.2 Å². The van der Waals surface area contributed by atoms with Crippen molar-refractivity contribution in [1.82, 2.24) is 20.0 Å². The molecule has 7 nitrogen and oxygen atoms in total. The lowest BCUT2D eigenvalue weighted by molar-refractivity contribution is 0.102. The predicted octanol–water partition coefficient (Wildman–Crippen LogP) is 3.49. The number of anilines is 1. The maximum Gasteiger partial charge on any atom is 0.322 e. The van der Waals surface area contributed by atoms with Crippen molar-refractivity contribution in [3.05, 3.63) is 42.1 Å². The van der Waals surface area contributed by atoms with Gasteiger partial charge in [0.1, 0.15) is 5.69 Å². The van der Waals surface area contributed by atoms with E-state index in [9.17, 15) is 4.79 Å². The van der Waals surface area contributed by atoms with E-state index in [0.29, 0.717) is 17.1 Å². The van der Waals surface area contributed by atoms with Crippen LogP contribution >= 0.6 is 11.8 Å². The van der Waals surface area contributed by atoms with Gasteiger partial charge in [-0.2, -0.15) is 5.10 Å². The Hall–Kier alpha value is -2.61. The number of amides is 1. The summed E-state index contributed by atoms with van der Waals surface area (Å²) in [5.41, 5.74) is 1.28. The normalized spacial score (nSPS) is 11.0. The summed E-state index contributed by atoms with van der Waals surface area (Å²) in [6.07, 6.45) is 3.59. The molecule has 0 saturated carbocycles. The van der Waals surface area contributed by atoms with Gasteiger partial charge in [0.25, 0.3) is 11.8 Å². The molecule has 3 aromatic rings. The number of hydrogen-bond donors (Lipinski definition) is 1. The van der Waals surface area contributed by atoms with Crippen molar-refractivity contribution >= 4 is 23.7 Å². The van der Waals surface area contributed by atoms with E-state index in [-0.39, 0.29) is 18.0 Å². The number of thioether (sulfide) groups is 1. The Balaban J connectivity index is 1.81. The van der Waals surface area contributed by atoms with Gasteiger partial charge >= 0.3 is 6.01 Å². The number of hydrogen-bond acceptors (Lipinski definition) is 6. The van der Waals surface area contributed by atoms with Gasteiger partial charge < -0.3 is 4.42 Å². The van der Waals surface area contributed by atoms with E-state index in [1.54, 1.807) is 23.0 Å². The molecule has 0 atom stereocenters. The van der Waals surface area contributed by atoms with Crippen molar-refractivity contribution < 1.29 is 9.21 Å². The average molecular weight is 343 g/mol. The molecular formula is C16H17N5O2S. The van der Waals surface area contributed by atoms with Crippen molar-refractivity contribution in [1.29, 1.82) is 0 Å². The molecule has 0 bridgehead atoms. The van der Waals surface area contributed by atoms with Crippen LogP contribution in [0, 0.1) is 0 Å². The summed E-state index contributed by atoms with van der Waals surface area (Å²) in [4.78, 5) is 13.3. The van der Waals surface area contributed by atoms with E-state index >= 15 is 0 Å². The Bertz CT molecular complexity index is 856. The van der Waals surface area contributed by atoms with Crippen LogP contribution in [0.1, 0.15) is 30.2 Å². The molecule has 8 heteroatoms. The quantitative estimate of drug-likeness (QED) is 0.714. The third-order valence-electron chi connectivity index (χ3n) is 3.38. The van der Waals surface area contributed by atoms with Crippen LogP contribution in [0.15, 0.2) is 45.8 Å². The molecular weight excluding hydrogens is 326 g/mol. The van der Waals surface area contributed by atoms with Crippen molar-refractivity contribution in [2.75, 3.05) is 11.6 Å². The van der Waals surface area contributed by atoms with Crippen LogP contribution in [0.3, 0.4) is 0 Å². The number of nitrogens with one attached hydrogen (secondary N) is 1. The van der Waals surface area contributed by atoms with Gasteiger partial charge in [0.15, 0.2) is 0 Å². The molecule has 1 N–H and O–H groups in total. The van der Waals surface area contributed by atoms with Gasteiger partial charge in [0.2, 0.25) is 0 Å².